The van der Waals surface area contributed by atoms with Crippen molar-refractivity contribution in [3.8, 4) is 0 Å². The van der Waals surface area contributed by atoms with Crippen molar-refractivity contribution in [2.24, 2.45) is 11.8 Å². The molecule has 1 aromatic carbocycles. The fourth-order valence-electron chi connectivity index (χ4n) is 3.68. The van der Waals surface area contributed by atoms with Gasteiger partial charge < -0.3 is 14.7 Å². The number of hydrogen-bond acceptors (Lipinski definition) is 3. The average molecular weight is 303 g/mol. The first-order valence-electron chi connectivity index (χ1n) is 7.88. The number of ether oxygens (including phenoxy) is 1. The Balaban J connectivity index is 1.88. The van der Waals surface area contributed by atoms with Gasteiger partial charge in [0.25, 0.3) is 0 Å². The molecule has 5 heteroatoms. The molecule has 2 saturated heterocycles. The minimum atomic E-state index is -0.921. The summed E-state index contributed by atoms with van der Waals surface area (Å²) in [5, 5.41) is 9.49. The van der Waals surface area contributed by atoms with E-state index in [9.17, 15) is 14.7 Å². The molecule has 5 nitrogen and oxygen atoms in total. The third-order valence-corrected chi connectivity index (χ3v) is 4.62. The number of carboxylic acids is 1. The van der Waals surface area contributed by atoms with E-state index < -0.39 is 17.8 Å². The number of benzene rings is 1. The summed E-state index contributed by atoms with van der Waals surface area (Å²) in [7, 11) is 0. The molecule has 22 heavy (non-hydrogen) atoms. The summed E-state index contributed by atoms with van der Waals surface area (Å²) in [6.07, 6.45) is 1.78. The topological polar surface area (TPSA) is 66.8 Å². The van der Waals surface area contributed by atoms with Gasteiger partial charge in [-0.15, -0.1) is 0 Å². The Hall–Kier alpha value is -1.88. The van der Waals surface area contributed by atoms with E-state index in [1.165, 1.54) is 0 Å². The Labute approximate surface area is 129 Å². The molecule has 2 aliphatic rings. The van der Waals surface area contributed by atoms with Gasteiger partial charge in [0.2, 0.25) is 5.91 Å². The zero-order chi connectivity index (χ0) is 15.7. The molecule has 4 atom stereocenters. The lowest BCUT2D eigenvalue weighted by molar-refractivity contribution is -0.147. The molecular formula is C17H21NO4. The normalized spacial score (nSPS) is 29.5. The van der Waals surface area contributed by atoms with Gasteiger partial charge in [-0.2, -0.15) is 0 Å². The number of carbonyl (C=O) groups excluding carboxylic acids is 1. The van der Waals surface area contributed by atoms with Gasteiger partial charge in [0.1, 0.15) is 0 Å². The number of carbonyl (C=O) groups is 2. The first-order valence-corrected chi connectivity index (χ1v) is 7.88. The van der Waals surface area contributed by atoms with E-state index in [2.05, 4.69) is 0 Å². The van der Waals surface area contributed by atoms with Crippen molar-refractivity contribution in [1.82, 2.24) is 0 Å². The number of hydrogen-bond donors (Lipinski definition) is 1. The molecule has 1 N–H and O–H groups in total. The van der Waals surface area contributed by atoms with Gasteiger partial charge in [-0.25, -0.2) is 0 Å². The van der Waals surface area contributed by atoms with Crippen molar-refractivity contribution < 1.29 is 19.4 Å². The standard InChI is InChI=1S/C17H21NO4/c1-2-10-18(11-6-4-3-5-7-11)16(19)14-12-8-9-13(22-12)15(14)17(20)21/h3-7,12-15H,2,8-10H2,1H3,(H,20,21). The van der Waals surface area contributed by atoms with E-state index in [-0.39, 0.29) is 18.1 Å². The molecule has 1 aromatic rings. The predicted octanol–water partition coefficient (Wildman–Crippen LogP) is 2.31. The molecule has 2 bridgehead atoms. The lowest BCUT2D eigenvalue weighted by Gasteiger charge is -2.30. The molecule has 2 heterocycles. The van der Waals surface area contributed by atoms with Crippen molar-refractivity contribution in [3.63, 3.8) is 0 Å². The highest BCUT2D eigenvalue weighted by molar-refractivity contribution is 5.98. The number of fused-ring (bicyclic) bond motifs is 2. The molecular weight excluding hydrogens is 282 g/mol. The summed E-state index contributed by atoms with van der Waals surface area (Å²) in [6, 6.07) is 9.45. The van der Waals surface area contributed by atoms with Crippen LogP contribution in [0.15, 0.2) is 30.3 Å². The highest BCUT2D eigenvalue weighted by atomic mass is 16.5. The first kappa shape index (κ1) is 15.0. The van der Waals surface area contributed by atoms with Gasteiger partial charge in [0.05, 0.1) is 24.0 Å². The number of aliphatic carboxylic acids is 1. The second kappa shape index (κ2) is 6.08. The quantitative estimate of drug-likeness (QED) is 0.906. The van der Waals surface area contributed by atoms with Crippen molar-refractivity contribution in [3.05, 3.63) is 30.3 Å². The molecule has 0 aromatic heterocycles. The van der Waals surface area contributed by atoms with Crippen LogP contribution < -0.4 is 4.90 Å². The number of nitrogens with zero attached hydrogens (tertiary/aromatic N) is 1. The largest absolute Gasteiger partial charge is 0.481 e. The van der Waals surface area contributed by atoms with Gasteiger partial charge >= 0.3 is 5.97 Å². The van der Waals surface area contributed by atoms with Crippen LogP contribution in [0.1, 0.15) is 26.2 Å². The Morgan fingerprint density at radius 2 is 1.82 bits per heavy atom. The second-order valence-electron chi connectivity index (χ2n) is 6.01. The van der Waals surface area contributed by atoms with E-state index in [0.29, 0.717) is 6.54 Å². The van der Waals surface area contributed by atoms with Gasteiger partial charge in [-0.05, 0) is 31.4 Å². The maximum Gasteiger partial charge on any atom is 0.310 e. The lowest BCUT2D eigenvalue weighted by Crippen LogP contribution is -2.46. The number of anilines is 1. The lowest BCUT2D eigenvalue weighted by atomic mass is 9.78. The van der Waals surface area contributed by atoms with Crippen LogP contribution in [0.25, 0.3) is 0 Å². The highest BCUT2D eigenvalue weighted by Crippen LogP contribution is 2.44. The fourth-order valence-corrected chi connectivity index (χ4v) is 3.68. The minimum Gasteiger partial charge on any atom is -0.481 e. The van der Waals surface area contributed by atoms with Crippen molar-refractivity contribution in [2.75, 3.05) is 11.4 Å². The summed E-state index contributed by atoms with van der Waals surface area (Å²) < 4.78 is 5.72. The Kier molecular flexibility index (Phi) is 4.16. The first-order chi connectivity index (χ1) is 10.6. The van der Waals surface area contributed by atoms with Gasteiger partial charge in [0, 0.05) is 12.2 Å². The van der Waals surface area contributed by atoms with E-state index in [1.807, 2.05) is 37.3 Å². The van der Waals surface area contributed by atoms with Crippen LogP contribution in [0, 0.1) is 11.8 Å². The maximum atomic E-state index is 13.0. The van der Waals surface area contributed by atoms with Crippen LogP contribution in [0.5, 0.6) is 0 Å². The molecule has 1 amide bonds. The number of rotatable bonds is 5. The van der Waals surface area contributed by atoms with Crippen LogP contribution in [-0.2, 0) is 14.3 Å². The number of amides is 1. The van der Waals surface area contributed by atoms with E-state index in [1.54, 1.807) is 4.90 Å². The molecule has 118 valence electrons. The van der Waals surface area contributed by atoms with Crippen LogP contribution in [0.2, 0.25) is 0 Å². The smallest absolute Gasteiger partial charge is 0.310 e. The minimum absolute atomic E-state index is 0.118. The second-order valence-corrected chi connectivity index (χ2v) is 6.01. The highest BCUT2D eigenvalue weighted by Gasteiger charge is 2.56. The molecule has 0 spiro atoms. The molecule has 2 aliphatic heterocycles. The number of para-hydroxylation sites is 1. The summed E-state index contributed by atoms with van der Waals surface area (Å²) in [6.45, 7) is 2.60. The third kappa shape index (κ3) is 2.50. The average Bonchev–Trinajstić information content (AvgIpc) is 3.13. The fraction of sp³-hybridized carbons (Fsp3) is 0.529. The third-order valence-electron chi connectivity index (χ3n) is 4.62. The zero-order valence-corrected chi connectivity index (χ0v) is 12.6. The summed E-state index contributed by atoms with van der Waals surface area (Å²) in [5.41, 5.74) is 0.821. The molecule has 0 saturated carbocycles. The van der Waals surface area contributed by atoms with E-state index >= 15 is 0 Å². The zero-order valence-electron chi connectivity index (χ0n) is 12.6. The maximum absolute atomic E-state index is 13.0. The summed E-state index contributed by atoms with van der Waals surface area (Å²) in [5.74, 6) is -2.32. The Morgan fingerprint density at radius 1 is 1.18 bits per heavy atom. The van der Waals surface area contributed by atoms with Crippen LogP contribution >= 0.6 is 0 Å². The Bertz CT molecular complexity index is 559. The van der Waals surface area contributed by atoms with Crippen molar-refractivity contribution >= 4 is 17.6 Å². The van der Waals surface area contributed by atoms with Crippen molar-refractivity contribution in [1.29, 1.82) is 0 Å². The molecule has 0 aliphatic carbocycles. The van der Waals surface area contributed by atoms with Gasteiger partial charge in [-0.3, -0.25) is 9.59 Å². The monoisotopic (exact) mass is 303 g/mol. The summed E-state index contributed by atoms with van der Waals surface area (Å²) in [4.78, 5) is 26.3. The molecule has 3 rings (SSSR count). The van der Waals surface area contributed by atoms with Crippen LogP contribution in [0.3, 0.4) is 0 Å². The van der Waals surface area contributed by atoms with Crippen molar-refractivity contribution in [2.45, 2.75) is 38.4 Å². The molecule has 4 unspecified atom stereocenters. The van der Waals surface area contributed by atoms with Gasteiger partial charge in [-0.1, -0.05) is 25.1 Å². The van der Waals surface area contributed by atoms with Crippen LogP contribution in [0.4, 0.5) is 5.69 Å². The van der Waals surface area contributed by atoms with E-state index in [0.717, 1.165) is 24.9 Å². The van der Waals surface area contributed by atoms with Gasteiger partial charge in [0.15, 0.2) is 0 Å². The Morgan fingerprint density at radius 3 is 2.41 bits per heavy atom. The number of carboxylic acid groups (broad SMARTS) is 1. The van der Waals surface area contributed by atoms with E-state index in [4.69, 9.17) is 4.74 Å². The SMILES string of the molecule is CCCN(C(=O)C1C2CCC(O2)C1C(=O)O)c1ccccc1. The van der Waals surface area contributed by atoms with Crippen LogP contribution in [-0.4, -0.2) is 35.7 Å². The molecule has 0 radical (unpaired) electrons. The summed E-state index contributed by atoms with van der Waals surface area (Å²) >= 11 is 0. The molecule has 2 fully saturated rings. The predicted molar refractivity (Wildman–Crippen MR) is 81.6 cm³/mol.